The van der Waals surface area contributed by atoms with Crippen LogP contribution in [0.15, 0.2) is 23.6 Å². The Hall–Kier alpha value is -1.89. The number of aryl methyl sites for hydroxylation is 1. The van der Waals surface area contributed by atoms with Gasteiger partial charge >= 0.3 is 0 Å². The molecule has 0 aromatic carbocycles. The highest BCUT2D eigenvalue weighted by atomic mass is 32.2. The SMILES string of the molecule is Cn1ncc(-c2ccnc([SH](C)(=O)C=O)n2)c1CC1CC1. The molecular formula is C14H18N4O2S. The Labute approximate surface area is 124 Å². The van der Waals surface area contributed by atoms with Gasteiger partial charge in [0.25, 0.3) is 0 Å². The fraction of sp³-hybridized carbons (Fsp3) is 0.429. The lowest BCUT2D eigenvalue weighted by atomic mass is 10.1. The average molecular weight is 306 g/mol. The van der Waals surface area contributed by atoms with Crippen LogP contribution in [0.2, 0.25) is 0 Å². The van der Waals surface area contributed by atoms with Gasteiger partial charge in [-0.25, -0.2) is 9.97 Å². The normalized spacial score (nSPS) is 15.9. The van der Waals surface area contributed by atoms with Crippen LogP contribution >= 0.6 is 0 Å². The molecule has 112 valence electrons. The summed E-state index contributed by atoms with van der Waals surface area (Å²) in [5.74, 6) is 0.729. The number of thiol groups is 1. The molecule has 6 nitrogen and oxygen atoms in total. The van der Waals surface area contributed by atoms with Gasteiger partial charge in [0.2, 0.25) is 5.16 Å². The van der Waals surface area contributed by atoms with E-state index in [9.17, 15) is 9.00 Å². The first-order chi connectivity index (χ1) is 10.0. The predicted molar refractivity (Wildman–Crippen MR) is 81.1 cm³/mol. The highest BCUT2D eigenvalue weighted by Gasteiger charge is 2.25. The summed E-state index contributed by atoms with van der Waals surface area (Å²) in [5, 5.41) is 4.41. The standard InChI is InChI=1S/C14H18N4O2S/c1-18-13(7-10-3-4-10)11(8-16-18)12-5-6-15-14(17-12)21(2,20)9-19/h5-6,8-10,21H,3-4,7H2,1-2H3. The van der Waals surface area contributed by atoms with Crippen molar-refractivity contribution in [3.63, 3.8) is 0 Å². The Morgan fingerprint density at radius 3 is 2.90 bits per heavy atom. The molecule has 2 heterocycles. The van der Waals surface area contributed by atoms with Crippen LogP contribution in [0, 0.1) is 5.92 Å². The zero-order valence-electron chi connectivity index (χ0n) is 12.1. The lowest BCUT2D eigenvalue weighted by Gasteiger charge is -2.10. The zero-order valence-corrected chi connectivity index (χ0v) is 13.0. The largest absolute Gasteiger partial charge is 0.290 e. The molecule has 0 bridgehead atoms. The van der Waals surface area contributed by atoms with Crippen LogP contribution in [0.3, 0.4) is 0 Å². The molecule has 2 aromatic heterocycles. The van der Waals surface area contributed by atoms with Crippen LogP contribution in [0.4, 0.5) is 0 Å². The van der Waals surface area contributed by atoms with Crippen molar-refractivity contribution in [3.8, 4) is 11.3 Å². The maximum Gasteiger partial charge on any atom is 0.201 e. The number of rotatable bonds is 5. The van der Waals surface area contributed by atoms with Crippen LogP contribution in [0.5, 0.6) is 0 Å². The van der Waals surface area contributed by atoms with Crippen molar-refractivity contribution in [1.82, 2.24) is 19.7 Å². The fourth-order valence-electron chi connectivity index (χ4n) is 2.27. The van der Waals surface area contributed by atoms with Crippen LogP contribution in [-0.2, 0) is 28.2 Å². The minimum absolute atomic E-state index is 0.108. The molecule has 0 spiro atoms. The molecule has 2 aromatic rings. The quantitative estimate of drug-likeness (QED) is 0.507. The molecule has 7 heteroatoms. The van der Waals surface area contributed by atoms with Crippen molar-refractivity contribution in [2.75, 3.05) is 6.26 Å². The predicted octanol–water partition coefficient (Wildman–Crippen LogP) is 1.03. The topological polar surface area (TPSA) is 77.7 Å². The van der Waals surface area contributed by atoms with Crippen LogP contribution < -0.4 is 0 Å². The number of carbonyl (C=O) groups excluding carboxylic acids is 1. The summed E-state index contributed by atoms with van der Waals surface area (Å²) in [5.41, 5.74) is 3.17. The van der Waals surface area contributed by atoms with Crippen molar-refractivity contribution in [2.24, 2.45) is 13.0 Å². The molecule has 0 radical (unpaired) electrons. The lowest BCUT2D eigenvalue weighted by Crippen LogP contribution is -2.15. The van der Waals surface area contributed by atoms with E-state index in [0.717, 1.165) is 23.6 Å². The summed E-state index contributed by atoms with van der Waals surface area (Å²) in [4.78, 5) is 19.3. The third-order valence-corrected chi connectivity index (χ3v) is 5.17. The van der Waals surface area contributed by atoms with E-state index < -0.39 is 9.93 Å². The van der Waals surface area contributed by atoms with Crippen molar-refractivity contribution in [2.45, 2.75) is 24.4 Å². The molecule has 0 aliphatic heterocycles. The smallest absolute Gasteiger partial charge is 0.201 e. The van der Waals surface area contributed by atoms with E-state index in [1.54, 1.807) is 18.5 Å². The third-order valence-electron chi connectivity index (χ3n) is 3.76. The molecule has 0 amide bonds. The Kier molecular flexibility index (Phi) is 3.44. The van der Waals surface area contributed by atoms with E-state index in [2.05, 4.69) is 15.1 Å². The molecule has 21 heavy (non-hydrogen) atoms. The van der Waals surface area contributed by atoms with Gasteiger partial charge in [-0.3, -0.25) is 13.7 Å². The summed E-state index contributed by atoms with van der Waals surface area (Å²) in [6, 6.07) is 1.77. The van der Waals surface area contributed by atoms with E-state index in [0.29, 0.717) is 11.3 Å². The number of aromatic nitrogens is 4. The first kappa shape index (κ1) is 14.1. The Morgan fingerprint density at radius 2 is 2.24 bits per heavy atom. The number of nitrogens with zero attached hydrogens (tertiary/aromatic N) is 4. The van der Waals surface area contributed by atoms with Crippen LogP contribution in [0.25, 0.3) is 11.3 Å². The second-order valence-corrected chi connectivity index (χ2v) is 8.20. The monoisotopic (exact) mass is 306 g/mol. The fourth-order valence-corrected chi connectivity index (χ4v) is 2.97. The summed E-state index contributed by atoms with van der Waals surface area (Å²) in [6.45, 7) is 0. The minimum atomic E-state index is -3.13. The Bertz CT molecular complexity index is 736. The summed E-state index contributed by atoms with van der Waals surface area (Å²) in [7, 11) is -1.21. The van der Waals surface area contributed by atoms with Gasteiger partial charge in [0, 0.05) is 40.7 Å². The van der Waals surface area contributed by atoms with Gasteiger partial charge in [-0.2, -0.15) is 5.10 Å². The van der Waals surface area contributed by atoms with E-state index >= 15 is 0 Å². The van der Waals surface area contributed by atoms with E-state index in [1.165, 1.54) is 19.1 Å². The maximum atomic E-state index is 12.1. The second-order valence-electron chi connectivity index (χ2n) is 5.61. The number of hydrogen-bond acceptors (Lipinski definition) is 5. The van der Waals surface area contributed by atoms with Gasteiger partial charge < -0.3 is 0 Å². The highest BCUT2D eigenvalue weighted by Crippen LogP contribution is 2.35. The molecule has 0 atom stereocenters. The van der Waals surface area contributed by atoms with Gasteiger partial charge in [0.15, 0.2) is 5.62 Å². The number of hydrogen-bond donors (Lipinski definition) is 1. The Balaban J connectivity index is 2.03. The molecule has 1 saturated carbocycles. The summed E-state index contributed by atoms with van der Waals surface area (Å²) < 4.78 is 14.0. The maximum absolute atomic E-state index is 12.1. The van der Waals surface area contributed by atoms with Crippen LogP contribution in [-0.4, -0.2) is 35.8 Å². The molecule has 3 rings (SSSR count). The highest BCUT2D eigenvalue weighted by molar-refractivity contribution is 8.14. The Morgan fingerprint density at radius 1 is 1.48 bits per heavy atom. The molecule has 0 N–H and O–H groups in total. The summed E-state index contributed by atoms with van der Waals surface area (Å²) in [6.07, 6.45) is 8.19. The van der Waals surface area contributed by atoms with Crippen LogP contribution in [0.1, 0.15) is 18.5 Å². The molecule has 1 aliphatic rings. The van der Waals surface area contributed by atoms with E-state index in [4.69, 9.17) is 0 Å². The van der Waals surface area contributed by atoms with Crippen molar-refractivity contribution in [1.29, 1.82) is 0 Å². The molecule has 1 fully saturated rings. The third kappa shape index (κ3) is 2.78. The average Bonchev–Trinajstić information content (AvgIpc) is 3.23. The van der Waals surface area contributed by atoms with Gasteiger partial charge in [-0.05, 0) is 31.2 Å². The zero-order chi connectivity index (χ0) is 15.0. The van der Waals surface area contributed by atoms with Gasteiger partial charge in [0.1, 0.15) is 0 Å². The number of carbonyl (C=O) groups is 1. The van der Waals surface area contributed by atoms with Gasteiger partial charge in [0.05, 0.1) is 11.9 Å². The van der Waals surface area contributed by atoms with Gasteiger partial charge in [-0.15, -0.1) is 0 Å². The van der Waals surface area contributed by atoms with E-state index in [1.807, 2.05) is 11.7 Å². The van der Waals surface area contributed by atoms with E-state index in [-0.39, 0.29) is 5.16 Å². The second kappa shape index (κ2) is 5.14. The summed E-state index contributed by atoms with van der Waals surface area (Å²) >= 11 is 0. The molecular weight excluding hydrogens is 288 g/mol. The first-order valence-corrected chi connectivity index (χ1v) is 9.12. The van der Waals surface area contributed by atoms with Gasteiger partial charge in [-0.1, -0.05) is 0 Å². The van der Waals surface area contributed by atoms with Crippen molar-refractivity contribution < 1.29 is 9.00 Å². The van der Waals surface area contributed by atoms with Crippen molar-refractivity contribution >= 4 is 15.6 Å². The first-order valence-electron chi connectivity index (χ1n) is 6.89. The van der Waals surface area contributed by atoms with Crippen molar-refractivity contribution in [3.05, 3.63) is 24.2 Å². The molecule has 1 aliphatic carbocycles. The molecule has 0 saturated heterocycles. The lowest BCUT2D eigenvalue weighted by molar-refractivity contribution is 0.565. The minimum Gasteiger partial charge on any atom is -0.290 e. The molecule has 0 unspecified atom stereocenters.